The van der Waals surface area contributed by atoms with Gasteiger partial charge in [-0.15, -0.1) is 0 Å². The third-order valence-corrected chi connectivity index (χ3v) is 3.70. The van der Waals surface area contributed by atoms with Gasteiger partial charge in [-0.2, -0.15) is 0 Å². The van der Waals surface area contributed by atoms with E-state index in [1.165, 1.54) is 0 Å². The van der Waals surface area contributed by atoms with Crippen LogP contribution >= 0.6 is 0 Å². The second kappa shape index (κ2) is 3.06. The second-order valence-electron chi connectivity index (χ2n) is 4.65. The molecule has 0 fully saturated rings. The Morgan fingerprint density at radius 1 is 0.875 bits per heavy atom. The first kappa shape index (κ1) is 11.1. The van der Waals surface area contributed by atoms with E-state index in [2.05, 4.69) is 13.2 Å². The van der Waals surface area contributed by atoms with Gasteiger partial charge in [0.05, 0.1) is 0 Å². The Bertz CT molecular complexity index is 436. The molecule has 0 aliphatic heterocycles. The molecule has 2 heteroatoms. The zero-order chi connectivity index (χ0) is 12.1. The second-order valence-corrected chi connectivity index (χ2v) is 4.65. The molecule has 0 saturated carbocycles. The highest BCUT2D eigenvalue weighted by Gasteiger charge is 2.50. The van der Waals surface area contributed by atoms with Crippen LogP contribution in [0.2, 0.25) is 0 Å². The van der Waals surface area contributed by atoms with E-state index in [-0.39, 0.29) is 0 Å². The SMILES string of the molecule is C=C1c2ccccc2C(=C)[C@@](C)(O)[C@@]1(C)O. The molecule has 16 heavy (non-hydrogen) atoms. The smallest absolute Gasteiger partial charge is 0.119 e. The van der Waals surface area contributed by atoms with E-state index >= 15 is 0 Å². The molecule has 0 amide bonds. The molecule has 2 rings (SSSR count). The minimum absolute atomic E-state index is 0.528. The molecule has 0 saturated heterocycles. The topological polar surface area (TPSA) is 40.5 Å². The highest BCUT2D eigenvalue weighted by molar-refractivity contribution is 5.91. The van der Waals surface area contributed by atoms with E-state index in [4.69, 9.17) is 0 Å². The average Bonchev–Trinajstić information content (AvgIpc) is 2.25. The highest BCUT2D eigenvalue weighted by Crippen LogP contribution is 2.48. The highest BCUT2D eigenvalue weighted by atomic mass is 16.4. The minimum Gasteiger partial charge on any atom is -0.382 e. The normalized spacial score (nSPS) is 33.8. The molecular weight excluding hydrogens is 200 g/mol. The molecule has 1 aromatic rings. The first-order valence-corrected chi connectivity index (χ1v) is 5.23. The van der Waals surface area contributed by atoms with Gasteiger partial charge in [0.15, 0.2) is 0 Å². The summed E-state index contributed by atoms with van der Waals surface area (Å²) in [7, 11) is 0. The summed E-state index contributed by atoms with van der Waals surface area (Å²) < 4.78 is 0. The number of aliphatic hydroxyl groups is 2. The zero-order valence-electron chi connectivity index (χ0n) is 9.62. The molecule has 1 aliphatic carbocycles. The number of rotatable bonds is 0. The van der Waals surface area contributed by atoms with Gasteiger partial charge in [-0.3, -0.25) is 0 Å². The number of hydrogen-bond donors (Lipinski definition) is 2. The maximum Gasteiger partial charge on any atom is 0.119 e. The average molecular weight is 216 g/mol. The molecule has 2 nitrogen and oxygen atoms in total. The van der Waals surface area contributed by atoms with Gasteiger partial charge in [-0.1, -0.05) is 37.4 Å². The predicted molar refractivity (Wildman–Crippen MR) is 65.8 cm³/mol. The maximum atomic E-state index is 10.4. The van der Waals surface area contributed by atoms with Crippen LogP contribution in [0.25, 0.3) is 11.1 Å². The van der Waals surface area contributed by atoms with E-state index in [0.29, 0.717) is 11.1 Å². The van der Waals surface area contributed by atoms with E-state index in [9.17, 15) is 10.2 Å². The summed E-state index contributed by atoms with van der Waals surface area (Å²) in [6, 6.07) is 7.53. The lowest BCUT2D eigenvalue weighted by molar-refractivity contribution is -0.0558. The lowest BCUT2D eigenvalue weighted by Gasteiger charge is -2.46. The van der Waals surface area contributed by atoms with Crippen molar-refractivity contribution in [3.05, 3.63) is 48.6 Å². The number of fused-ring (bicyclic) bond motifs is 1. The van der Waals surface area contributed by atoms with Crippen LogP contribution in [-0.4, -0.2) is 21.4 Å². The summed E-state index contributed by atoms with van der Waals surface area (Å²) in [5, 5.41) is 20.8. The molecule has 2 atom stereocenters. The number of hydrogen-bond acceptors (Lipinski definition) is 2. The van der Waals surface area contributed by atoms with E-state index < -0.39 is 11.2 Å². The molecule has 0 aromatic heterocycles. The van der Waals surface area contributed by atoms with E-state index in [1.807, 2.05) is 24.3 Å². The third-order valence-electron chi connectivity index (χ3n) is 3.70. The Hall–Kier alpha value is -1.38. The standard InChI is InChI=1S/C14H16O2/c1-9-11-7-5-6-8-12(11)10(2)14(4,16)13(9,3)15/h5-8,15-16H,1-2H2,3-4H3/t13-,14+. The third kappa shape index (κ3) is 1.14. The predicted octanol–water partition coefficient (Wildman–Crippen LogP) is 2.23. The first-order chi connectivity index (χ1) is 7.30. The van der Waals surface area contributed by atoms with Gasteiger partial charge in [0.1, 0.15) is 11.2 Å². The molecule has 0 unspecified atom stereocenters. The van der Waals surface area contributed by atoms with Crippen LogP contribution in [0.5, 0.6) is 0 Å². The van der Waals surface area contributed by atoms with E-state index in [0.717, 1.165) is 11.1 Å². The van der Waals surface area contributed by atoms with Crippen molar-refractivity contribution in [2.24, 2.45) is 0 Å². The van der Waals surface area contributed by atoms with Crippen LogP contribution in [-0.2, 0) is 0 Å². The van der Waals surface area contributed by atoms with Crippen molar-refractivity contribution in [1.82, 2.24) is 0 Å². The fourth-order valence-electron chi connectivity index (χ4n) is 2.12. The van der Waals surface area contributed by atoms with Gasteiger partial charge in [-0.25, -0.2) is 0 Å². The van der Waals surface area contributed by atoms with Crippen LogP contribution in [0.3, 0.4) is 0 Å². The molecule has 1 aromatic carbocycles. The molecule has 0 spiro atoms. The van der Waals surface area contributed by atoms with Crippen LogP contribution in [0.1, 0.15) is 25.0 Å². The van der Waals surface area contributed by atoms with Gasteiger partial charge >= 0.3 is 0 Å². The molecule has 0 radical (unpaired) electrons. The summed E-state index contributed by atoms with van der Waals surface area (Å²) in [6.45, 7) is 10.9. The molecule has 1 aliphatic rings. The van der Waals surface area contributed by atoms with Gasteiger partial charge < -0.3 is 10.2 Å². The molecule has 0 bridgehead atoms. The molecular formula is C14H16O2. The van der Waals surface area contributed by atoms with Crippen LogP contribution in [0, 0.1) is 0 Å². The van der Waals surface area contributed by atoms with Gasteiger partial charge in [0, 0.05) is 0 Å². The minimum atomic E-state index is -1.39. The fourth-order valence-corrected chi connectivity index (χ4v) is 2.12. The Kier molecular flexibility index (Phi) is 2.13. The first-order valence-electron chi connectivity index (χ1n) is 5.23. The van der Waals surface area contributed by atoms with Crippen molar-refractivity contribution >= 4 is 11.1 Å². The molecule has 84 valence electrons. The van der Waals surface area contributed by atoms with Gasteiger partial charge in [0.25, 0.3) is 0 Å². The zero-order valence-corrected chi connectivity index (χ0v) is 9.62. The molecule has 0 heterocycles. The quantitative estimate of drug-likeness (QED) is 0.698. The monoisotopic (exact) mass is 216 g/mol. The Morgan fingerprint density at radius 3 is 1.50 bits per heavy atom. The largest absolute Gasteiger partial charge is 0.382 e. The van der Waals surface area contributed by atoms with E-state index in [1.54, 1.807) is 13.8 Å². The van der Waals surface area contributed by atoms with Crippen LogP contribution in [0.15, 0.2) is 37.4 Å². The lowest BCUT2D eigenvalue weighted by atomic mass is 9.66. The Labute approximate surface area is 95.6 Å². The maximum absolute atomic E-state index is 10.4. The van der Waals surface area contributed by atoms with Crippen LogP contribution < -0.4 is 0 Å². The summed E-state index contributed by atoms with van der Waals surface area (Å²) in [5.74, 6) is 0. The summed E-state index contributed by atoms with van der Waals surface area (Å²) in [4.78, 5) is 0. The van der Waals surface area contributed by atoms with Crippen LogP contribution in [0.4, 0.5) is 0 Å². The summed E-state index contributed by atoms with van der Waals surface area (Å²) in [6.07, 6.45) is 0. The Morgan fingerprint density at radius 2 is 1.19 bits per heavy atom. The summed E-state index contributed by atoms with van der Waals surface area (Å²) in [5.41, 5.74) is -0.0225. The van der Waals surface area contributed by atoms with Crippen molar-refractivity contribution < 1.29 is 10.2 Å². The van der Waals surface area contributed by atoms with Crippen molar-refractivity contribution in [3.8, 4) is 0 Å². The fraction of sp³-hybridized carbons (Fsp3) is 0.286. The van der Waals surface area contributed by atoms with Crippen molar-refractivity contribution in [3.63, 3.8) is 0 Å². The lowest BCUT2D eigenvalue weighted by Crippen LogP contribution is -2.53. The molecule has 2 N–H and O–H groups in total. The van der Waals surface area contributed by atoms with Gasteiger partial charge in [0.2, 0.25) is 0 Å². The number of benzene rings is 1. The van der Waals surface area contributed by atoms with Crippen molar-refractivity contribution in [1.29, 1.82) is 0 Å². The Balaban J connectivity index is 2.76. The summed E-state index contributed by atoms with van der Waals surface area (Å²) >= 11 is 0. The van der Waals surface area contributed by atoms with Crippen molar-refractivity contribution in [2.45, 2.75) is 25.0 Å². The van der Waals surface area contributed by atoms with Gasteiger partial charge in [-0.05, 0) is 36.1 Å². The van der Waals surface area contributed by atoms with Crippen molar-refractivity contribution in [2.75, 3.05) is 0 Å².